The number of piperazine rings is 1. The summed E-state index contributed by atoms with van der Waals surface area (Å²) in [5.41, 5.74) is 8.42. The third-order valence-electron chi connectivity index (χ3n) is 6.61. The molecule has 1 aliphatic heterocycles. The van der Waals surface area contributed by atoms with Gasteiger partial charge >= 0.3 is 0 Å². The lowest BCUT2D eigenvalue weighted by atomic mass is 10.1. The second-order valence-corrected chi connectivity index (χ2v) is 9.40. The van der Waals surface area contributed by atoms with E-state index < -0.39 is 5.91 Å². The molecule has 210 valence electrons. The molecule has 4 rings (SSSR count). The summed E-state index contributed by atoms with van der Waals surface area (Å²) in [5, 5.41) is 5.69. The van der Waals surface area contributed by atoms with Crippen molar-refractivity contribution in [1.82, 2.24) is 25.1 Å². The molecule has 0 radical (unpaired) electrons. The van der Waals surface area contributed by atoms with Gasteiger partial charge in [0.2, 0.25) is 0 Å². The molecule has 11 nitrogen and oxygen atoms in total. The average Bonchev–Trinajstić information content (AvgIpc) is 2.98. The van der Waals surface area contributed by atoms with E-state index >= 15 is 0 Å². The number of hydrogen-bond acceptors (Lipinski definition) is 9. The van der Waals surface area contributed by atoms with Gasteiger partial charge in [0, 0.05) is 68.4 Å². The van der Waals surface area contributed by atoms with E-state index in [-0.39, 0.29) is 17.4 Å². The van der Waals surface area contributed by atoms with Gasteiger partial charge in [-0.05, 0) is 55.6 Å². The molecule has 1 fully saturated rings. The fourth-order valence-corrected chi connectivity index (χ4v) is 4.21. The molecule has 3 aromatic rings. The summed E-state index contributed by atoms with van der Waals surface area (Å²) < 4.78 is 10.7. The molecular weight excluding hydrogens is 510 g/mol. The highest BCUT2D eigenvalue weighted by Crippen LogP contribution is 2.31. The first-order valence-corrected chi connectivity index (χ1v) is 13.0. The predicted molar refractivity (Wildman–Crippen MR) is 154 cm³/mol. The van der Waals surface area contributed by atoms with Crippen molar-refractivity contribution in [3.63, 3.8) is 0 Å². The molecule has 2 aromatic carbocycles. The van der Waals surface area contributed by atoms with Gasteiger partial charge in [-0.15, -0.1) is 0 Å². The number of benzene rings is 2. The quantitative estimate of drug-likeness (QED) is 0.327. The summed E-state index contributed by atoms with van der Waals surface area (Å²) in [5.74, 6) is 0.797. The molecule has 0 unspecified atom stereocenters. The second-order valence-electron chi connectivity index (χ2n) is 9.40. The Morgan fingerprint density at radius 2 is 1.73 bits per heavy atom. The Morgan fingerprint density at radius 3 is 2.42 bits per heavy atom. The summed E-state index contributed by atoms with van der Waals surface area (Å²) >= 11 is 0. The minimum absolute atomic E-state index is 0.0600. The number of aromatic nitrogens is 2. The SMILES string of the molecule is COc1ccc(-c2ccnc(/C=C(\N)C(=O)Nc3ccc(C(=O)NCCN4CCN(C)CC4)cc3)n2)cc1OC. The van der Waals surface area contributed by atoms with Crippen molar-refractivity contribution in [3.05, 3.63) is 71.8 Å². The monoisotopic (exact) mass is 545 g/mol. The highest BCUT2D eigenvalue weighted by Gasteiger charge is 2.14. The van der Waals surface area contributed by atoms with Crippen LogP contribution in [-0.2, 0) is 4.79 Å². The third kappa shape index (κ3) is 7.55. The van der Waals surface area contributed by atoms with Crippen LogP contribution in [0.1, 0.15) is 16.2 Å². The van der Waals surface area contributed by atoms with E-state index in [9.17, 15) is 9.59 Å². The van der Waals surface area contributed by atoms with Crippen molar-refractivity contribution >= 4 is 23.6 Å². The van der Waals surface area contributed by atoms with Crippen LogP contribution in [-0.4, -0.2) is 92.1 Å². The molecule has 4 N–H and O–H groups in total. The fourth-order valence-electron chi connectivity index (χ4n) is 4.21. The van der Waals surface area contributed by atoms with Crippen LogP contribution in [0.15, 0.2) is 60.4 Å². The fraction of sp³-hybridized carbons (Fsp3) is 0.310. The summed E-state index contributed by atoms with van der Waals surface area (Å²) in [6.07, 6.45) is 2.99. The van der Waals surface area contributed by atoms with Gasteiger partial charge in [0.05, 0.1) is 19.9 Å². The lowest BCUT2D eigenvalue weighted by molar-refractivity contribution is -0.112. The van der Waals surface area contributed by atoms with Crippen molar-refractivity contribution < 1.29 is 19.1 Å². The summed E-state index contributed by atoms with van der Waals surface area (Å²) in [6.45, 7) is 5.50. The lowest BCUT2D eigenvalue weighted by Crippen LogP contribution is -2.46. The molecule has 11 heteroatoms. The maximum Gasteiger partial charge on any atom is 0.271 e. The molecule has 1 aliphatic rings. The van der Waals surface area contributed by atoms with E-state index in [0.717, 1.165) is 38.3 Å². The average molecular weight is 546 g/mol. The molecule has 1 aromatic heterocycles. The highest BCUT2D eigenvalue weighted by molar-refractivity contribution is 6.06. The van der Waals surface area contributed by atoms with Gasteiger partial charge < -0.3 is 30.7 Å². The standard InChI is InChI=1S/C29H35N7O4/c1-35-14-16-36(17-15-35)13-12-32-28(37)20-4-7-22(8-5-20)33-29(38)23(30)19-27-31-11-10-24(34-27)21-6-9-25(39-2)26(18-21)40-3/h4-11,18-19H,12-17,30H2,1-3H3,(H,32,37)(H,33,38)/b23-19-. The molecule has 0 saturated carbocycles. The number of hydrogen-bond donors (Lipinski definition) is 3. The molecule has 0 bridgehead atoms. The van der Waals surface area contributed by atoms with Crippen molar-refractivity contribution in [2.45, 2.75) is 0 Å². The zero-order valence-electron chi connectivity index (χ0n) is 23.0. The molecule has 40 heavy (non-hydrogen) atoms. The summed E-state index contributed by atoms with van der Waals surface area (Å²) in [6, 6.07) is 13.8. The molecule has 0 aliphatic carbocycles. The Balaban J connectivity index is 1.32. The topological polar surface area (TPSA) is 135 Å². The molecule has 0 spiro atoms. The van der Waals surface area contributed by atoms with Crippen LogP contribution in [0.2, 0.25) is 0 Å². The Bertz CT molecular complexity index is 1350. The zero-order chi connectivity index (χ0) is 28.5. The lowest BCUT2D eigenvalue weighted by Gasteiger charge is -2.32. The van der Waals surface area contributed by atoms with Gasteiger partial charge in [0.1, 0.15) is 5.70 Å². The molecule has 2 amide bonds. The molecular formula is C29H35N7O4. The first-order chi connectivity index (χ1) is 19.4. The van der Waals surface area contributed by atoms with Gasteiger partial charge in [0.25, 0.3) is 11.8 Å². The number of ether oxygens (including phenoxy) is 2. The minimum atomic E-state index is -0.510. The number of rotatable bonds is 10. The summed E-state index contributed by atoms with van der Waals surface area (Å²) in [7, 11) is 5.25. The van der Waals surface area contributed by atoms with Gasteiger partial charge in [-0.25, -0.2) is 9.97 Å². The number of nitrogens with one attached hydrogen (secondary N) is 2. The van der Waals surface area contributed by atoms with E-state index in [1.165, 1.54) is 6.08 Å². The van der Waals surface area contributed by atoms with Crippen molar-refractivity contribution in [1.29, 1.82) is 0 Å². The van der Waals surface area contributed by atoms with Crippen molar-refractivity contribution in [2.75, 3.05) is 65.9 Å². The molecule has 2 heterocycles. The number of carbonyl (C=O) groups is 2. The number of amides is 2. The van der Waals surface area contributed by atoms with Crippen LogP contribution < -0.4 is 25.8 Å². The van der Waals surface area contributed by atoms with Gasteiger partial charge in [0.15, 0.2) is 17.3 Å². The Labute approximate surface area is 234 Å². The van der Waals surface area contributed by atoms with Gasteiger partial charge in [-0.1, -0.05) is 0 Å². The van der Waals surface area contributed by atoms with Crippen molar-refractivity contribution in [3.8, 4) is 22.8 Å². The first-order valence-electron chi connectivity index (χ1n) is 13.0. The number of likely N-dealkylation sites (N-methyl/N-ethyl adjacent to an activating group) is 1. The van der Waals surface area contributed by atoms with Crippen LogP contribution in [0.25, 0.3) is 17.3 Å². The second kappa shape index (κ2) is 13.5. The van der Waals surface area contributed by atoms with E-state index in [1.807, 2.05) is 12.1 Å². The predicted octanol–water partition coefficient (Wildman–Crippen LogP) is 2.08. The van der Waals surface area contributed by atoms with Crippen LogP contribution in [0.3, 0.4) is 0 Å². The van der Waals surface area contributed by atoms with Gasteiger partial charge in [-0.3, -0.25) is 14.5 Å². The van der Waals surface area contributed by atoms with E-state index in [2.05, 4.69) is 37.4 Å². The molecule has 1 saturated heterocycles. The van der Waals surface area contributed by atoms with E-state index in [4.69, 9.17) is 15.2 Å². The first kappa shape index (κ1) is 28.5. The Morgan fingerprint density at radius 1 is 1.00 bits per heavy atom. The number of nitrogens with zero attached hydrogens (tertiary/aromatic N) is 4. The van der Waals surface area contributed by atoms with Crippen LogP contribution in [0.5, 0.6) is 11.5 Å². The number of anilines is 1. The minimum Gasteiger partial charge on any atom is -0.493 e. The highest BCUT2D eigenvalue weighted by atomic mass is 16.5. The number of nitrogens with two attached hydrogens (primary N) is 1. The Kier molecular flexibility index (Phi) is 9.66. The van der Waals surface area contributed by atoms with Crippen LogP contribution in [0.4, 0.5) is 5.69 Å². The number of carbonyl (C=O) groups excluding carboxylic acids is 2. The Hall–Kier alpha value is -4.48. The smallest absolute Gasteiger partial charge is 0.271 e. The maximum absolute atomic E-state index is 12.7. The number of methoxy groups -OCH3 is 2. The zero-order valence-corrected chi connectivity index (χ0v) is 23.0. The van der Waals surface area contributed by atoms with Crippen molar-refractivity contribution in [2.24, 2.45) is 5.73 Å². The molecule has 0 atom stereocenters. The van der Waals surface area contributed by atoms with E-state index in [0.29, 0.717) is 35.0 Å². The van der Waals surface area contributed by atoms with Crippen LogP contribution in [0, 0.1) is 0 Å². The third-order valence-corrected chi connectivity index (χ3v) is 6.61. The summed E-state index contributed by atoms with van der Waals surface area (Å²) in [4.78, 5) is 38.5. The van der Waals surface area contributed by atoms with Gasteiger partial charge in [-0.2, -0.15) is 0 Å². The largest absolute Gasteiger partial charge is 0.493 e. The van der Waals surface area contributed by atoms with Crippen LogP contribution >= 0.6 is 0 Å². The van der Waals surface area contributed by atoms with E-state index in [1.54, 1.807) is 56.8 Å². The normalized spacial score (nSPS) is 14.4. The maximum atomic E-state index is 12.7.